The van der Waals surface area contributed by atoms with E-state index in [0.717, 1.165) is 16.9 Å². The summed E-state index contributed by atoms with van der Waals surface area (Å²) in [7, 11) is 1.62. The van der Waals surface area contributed by atoms with E-state index >= 15 is 0 Å². The first-order valence-electron chi connectivity index (χ1n) is 5.37. The summed E-state index contributed by atoms with van der Waals surface area (Å²) in [6.07, 6.45) is 0.563. The highest BCUT2D eigenvalue weighted by Gasteiger charge is 2.08. The molecule has 17 heavy (non-hydrogen) atoms. The van der Waals surface area contributed by atoms with Gasteiger partial charge in [-0.3, -0.25) is 0 Å². The number of hydrogen-bond acceptors (Lipinski definition) is 2. The third-order valence-corrected chi connectivity index (χ3v) is 2.72. The van der Waals surface area contributed by atoms with Crippen molar-refractivity contribution in [2.24, 2.45) is 0 Å². The molecule has 0 aliphatic carbocycles. The van der Waals surface area contributed by atoms with Crippen molar-refractivity contribution in [3.8, 4) is 5.75 Å². The molecule has 2 rings (SSSR count). The van der Waals surface area contributed by atoms with Crippen molar-refractivity contribution >= 4 is 5.69 Å². The normalized spacial score (nSPS) is 10.2. The SMILES string of the molecule is COc1ccccc1Cc1cccc(F)c1N. The van der Waals surface area contributed by atoms with Gasteiger partial charge < -0.3 is 10.5 Å². The first kappa shape index (κ1) is 11.5. The van der Waals surface area contributed by atoms with Crippen LogP contribution in [0.5, 0.6) is 5.75 Å². The van der Waals surface area contributed by atoms with Gasteiger partial charge in [-0.05, 0) is 23.3 Å². The lowest BCUT2D eigenvalue weighted by Gasteiger charge is -2.10. The van der Waals surface area contributed by atoms with Crippen molar-refractivity contribution < 1.29 is 9.13 Å². The standard InChI is InChI=1S/C14H14FNO/c1-17-13-8-3-2-5-10(13)9-11-6-4-7-12(15)14(11)16/h2-8H,9,16H2,1H3. The molecule has 2 N–H and O–H groups in total. The molecule has 0 aliphatic heterocycles. The second kappa shape index (κ2) is 4.87. The zero-order chi connectivity index (χ0) is 12.3. The number of methoxy groups -OCH3 is 1. The van der Waals surface area contributed by atoms with E-state index in [0.29, 0.717) is 6.42 Å². The van der Waals surface area contributed by atoms with E-state index in [1.165, 1.54) is 6.07 Å². The number of halogens is 1. The molecule has 2 aromatic carbocycles. The Kier molecular flexibility index (Phi) is 3.28. The molecule has 0 atom stereocenters. The highest BCUT2D eigenvalue weighted by Crippen LogP contribution is 2.24. The Balaban J connectivity index is 2.35. The van der Waals surface area contributed by atoms with Crippen molar-refractivity contribution in [3.05, 3.63) is 59.4 Å². The fraction of sp³-hybridized carbons (Fsp3) is 0.143. The van der Waals surface area contributed by atoms with Crippen LogP contribution in [0.4, 0.5) is 10.1 Å². The molecule has 0 aromatic heterocycles. The summed E-state index contributed by atoms with van der Waals surface area (Å²) < 4.78 is 18.6. The second-order valence-corrected chi connectivity index (χ2v) is 3.80. The number of rotatable bonds is 3. The molecule has 0 saturated carbocycles. The van der Waals surface area contributed by atoms with Gasteiger partial charge in [0.05, 0.1) is 12.8 Å². The van der Waals surface area contributed by atoms with E-state index < -0.39 is 0 Å². The molecule has 0 heterocycles. The predicted octanol–water partition coefficient (Wildman–Crippen LogP) is 3.01. The van der Waals surface area contributed by atoms with Crippen molar-refractivity contribution in [3.63, 3.8) is 0 Å². The van der Waals surface area contributed by atoms with Gasteiger partial charge in [-0.2, -0.15) is 0 Å². The maximum Gasteiger partial charge on any atom is 0.146 e. The summed E-state index contributed by atoms with van der Waals surface area (Å²) in [5.41, 5.74) is 7.68. The molecular formula is C14H14FNO. The van der Waals surface area contributed by atoms with Crippen LogP contribution in [0.25, 0.3) is 0 Å². The first-order chi connectivity index (χ1) is 8.22. The number of benzene rings is 2. The smallest absolute Gasteiger partial charge is 0.146 e. The van der Waals surface area contributed by atoms with E-state index in [1.54, 1.807) is 13.2 Å². The minimum Gasteiger partial charge on any atom is -0.496 e. The van der Waals surface area contributed by atoms with Crippen LogP contribution in [-0.4, -0.2) is 7.11 Å². The maximum absolute atomic E-state index is 13.3. The average molecular weight is 231 g/mol. The molecule has 0 amide bonds. The molecular weight excluding hydrogens is 217 g/mol. The van der Waals surface area contributed by atoms with Crippen LogP contribution in [0.15, 0.2) is 42.5 Å². The number of nitrogen functional groups attached to an aromatic ring is 1. The Hall–Kier alpha value is -2.03. The number of nitrogens with two attached hydrogens (primary N) is 1. The summed E-state index contributed by atoms with van der Waals surface area (Å²) in [6.45, 7) is 0. The molecule has 3 heteroatoms. The van der Waals surface area contributed by atoms with Gasteiger partial charge in [0.25, 0.3) is 0 Å². The summed E-state index contributed by atoms with van der Waals surface area (Å²) in [4.78, 5) is 0. The zero-order valence-electron chi connectivity index (χ0n) is 9.61. The summed E-state index contributed by atoms with van der Waals surface area (Å²) >= 11 is 0. The molecule has 0 radical (unpaired) electrons. The largest absolute Gasteiger partial charge is 0.496 e. The molecule has 0 unspecified atom stereocenters. The molecule has 2 aromatic rings. The fourth-order valence-corrected chi connectivity index (χ4v) is 1.79. The number of hydrogen-bond donors (Lipinski definition) is 1. The van der Waals surface area contributed by atoms with Crippen molar-refractivity contribution in [2.75, 3.05) is 12.8 Å². The lowest BCUT2D eigenvalue weighted by atomic mass is 10.0. The Bertz CT molecular complexity index is 525. The topological polar surface area (TPSA) is 35.2 Å². The molecule has 0 aliphatic rings. The van der Waals surface area contributed by atoms with Crippen LogP contribution in [0.1, 0.15) is 11.1 Å². The zero-order valence-corrected chi connectivity index (χ0v) is 9.61. The van der Waals surface area contributed by atoms with Crippen LogP contribution in [0.2, 0.25) is 0 Å². The Labute approximate surface area is 99.8 Å². The number of para-hydroxylation sites is 2. The summed E-state index contributed by atoms with van der Waals surface area (Å²) in [5.74, 6) is 0.411. The lowest BCUT2D eigenvalue weighted by Crippen LogP contribution is -2.00. The predicted molar refractivity (Wildman–Crippen MR) is 66.6 cm³/mol. The van der Waals surface area contributed by atoms with Gasteiger partial charge in [-0.1, -0.05) is 30.3 Å². The molecule has 0 fully saturated rings. The second-order valence-electron chi connectivity index (χ2n) is 3.80. The summed E-state index contributed by atoms with van der Waals surface area (Å²) in [5, 5.41) is 0. The Morgan fingerprint density at radius 3 is 2.53 bits per heavy atom. The van der Waals surface area contributed by atoms with Gasteiger partial charge in [0.2, 0.25) is 0 Å². The van der Waals surface area contributed by atoms with E-state index in [4.69, 9.17) is 10.5 Å². The third kappa shape index (κ3) is 2.38. The lowest BCUT2D eigenvalue weighted by molar-refractivity contribution is 0.410. The van der Waals surface area contributed by atoms with Gasteiger partial charge in [0, 0.05) is 6.42 Å². The van der Waals surface area contributed by atoms with E-state index in [9.17, 15) is 4.39 Å². The van der Waals surface area contributed by atoms with Crippen LogP contribution in [0.3, 0.4) is 0 Å². The minimum absolute atomic E-state index is 0.207. The highest BCUT2D eigenvalue weighted by molar-refractivity contribution is 5.51. The van der Waals surface area contributed by atoms with E-state index in [2.05, 4.69) is 0 Å². The van der Waals surface area contributed by atoms with Gasteiger partial charge in [-0.25, -0.2) is 4.39 Å². The number of anilines is 1. The minimum atomic E-state index is -0.377. The average Bonchev–Trinajstić information content (AvgIpc) is 2.35. The van der Waals surface area contributed by atoms with Crippen molar-refractivity contribution in [1.29, 1.82) is 0 Å². The quantitative estimate of drug-likeness (QED) is 0.824. The van der Waals surface area contributed by atoms with Crippen LogP contribution >= 0.6 is 0 Å². The molecule has 88 valence electrons. The molecule has 0 saturated heterocycles. The van der Waals surface area contributed by atoms with Gasteiger partial charge in [-0.15, -0.1) is 0 Å². The molecule has 2 nitrogen and oxygen atoms in total. The van der Waals surface area contributed by atoms with Crippen molar-refractivity contribution in [2.45, 2.75) is 6.42 Å². The van der Waals surface area contributed by atoms with Crippen molar-refractivity contribution in [1.82, 2.24) is 0 Å². The molecule has 0 bridgehead atoms. The maximum atomic E-state index is 13.3. The highest BCUT2D eigenvalue weighted by atomic mass is 19.1. The monoisotopic (exact) mass is 231 g/mol. The van der Waals surface area contributed by atoms with Crippen LogP contribution < -0.4 is 10.5 Å². The number of ether oxygens (including phenoxy) is 1. The van der Waals surface area contributed by atoms with Gasteiger partial charge >= 0.3 is 0 Å². The molecule has 0 spiro atoms. The fourth-order valence-electron chi connectivity index (χ4n) is 1.79. The first-order valence-corrected chi connectivity index (χ1v) is 5.37. The third-order valence-electron chi connectivity index (χ3n) is 2.72. The Morgan fingerprint density at radius 1 is 1.06 bits per heavy atom. The van der Waals surface area contributed by atoms with E-state index in [1.807, 2.05) is 30.3 Å². The van der Waals surface area contributed by atoms with Crippen LogP contribution in [0, 0.1) is 5.82 Å². The van der Waals surface area contributed by atoms with Gasteiger partial charge in [0.1, 0.15) is 11.6 Å². The summed E-state index contributed by atoms with van der Waals surface area (Å²) in [6, 6.07) is 12.5. The van der Waals surface area contributed by atoms with Crippen LogP contribution in [-0.2, 0) is 6.42 Å². The van der Waals surface area contributed by atoms with E-state index in [-0.39, 0.29) is 11.5 Å². The Morgan fingerprint density at radius 2 is 1.76 bits per heavy atom. The van der Waals surface area contributed by atoms with Gasteiger partial charge in [0.15, 0.2) is 0 Å².